The van der Waals surface area contributed by atoms with E-state index in [1.54, 1.807) is 0 Å². The van der Waals surface area contributed by atoms with Crippen LogP contribution in [0.25, 0.3) is 0 Å². The summed E-state index contributed by atoms with van der Waals surface area (Å²) in [5, 5.41) is 14.5. The van der Waals surface area contributed by atoms with E-state index in [0.717, 1.165) is 77.2 Å². The molecule has 1 heterocycles. The molecule has 3 fully saturated rings. The highest BCUT2D eigenvalue weighted by atomic mass is 16.5. The van der Waals surface area contributed by atoms with Crippen LogP contribution >= 0.6 is 0 Å². The van der Waals surface area contributed by atoms with Crippen molar-refractivity contribution in [2.24, 2.45) is 17.3 Å². The van der Waals surface area contributed by atoms with E-state index < -0.39 is 5.60 Å². The quantitative estimate of drug-likeness (QED) is 0.751. The number of terminal acetylenes is 1. The SMILES string of the molecule is C#C[C@]1(O)CCC2C3CCc4cc(OCCN5CCNCC5)ccc4C3CC[C@@]21C. The summed E-state index contributed by atoms with van der Waals surface area (Å²) in [5.74, 6) is 5.60. The van der Waals surface area contributed by atoms with Gasteiger partial charge in [-0.2, -0.15) is 0 Å². The lowest BCUT2D eigenvalue weighted by Crippen LogP contribution is -2.50. The second kappa shape index (κ2) is 7.86. The van der Waals surface area contributed by atoms with Gasteiger partial charge in [0.05, 0.1) is 0 Å². The number of nitrogens with one attached hydrogen (secondary N) is 1. The number of benzene rings is 1. The zero-order valence-corrected chi connectivity index (χ0v) is 18.3. The molecule has 4 nitrogen and oxygen atoms in total. The molecule has 30 heavy (non-hydrogen) atoms. The molecule has 1 aromatic carbocycles. The molecule has 0 aromatic heterocycles. The van der Waals surface area contributed by atoms with Gasteiger partial charge in [0.1, 0.15) is 18.0 Å². The molecule has 0 amide bonds. The van der Waals surface area contributed by atoms with Gasteiger partial charge >= 0.3 is 0 Å². The number of rotatable bonds is 4. The van der Waals surface area contributed by atoms with Crippen LogP contribution in [-0.2, 0) is 6.42 Å². The number of hydrogen-bond donors (Lipinski definition) is 2. The van der Waals surface area contributed by atoms with Gasteiger partial charge < -0.3 is 15.2 Å². The maximum absolute atomic E-state index is 11.1. The van der Waals surface area contributed by atoms with Gasteiger partial charge in [0.15, 0.2) is 0 Å². The smallest absolute Gasteiger partial charge is 0.130 e. The molecule has 2 N–H and O–H groups in total. The van der Waals surface area contributed by atoms with Crippen molar-refractivity contribution in [2.75, 3.05) is 39.3 Å². The van der Waals surface area contributed by atoms with E-state index in [2.05, 4.69) is 41.3 Å². The third kappa shape index (κ3) is 3.27. The van der Waals surface area contributed by atoms with Gasteiger partial charge in [0.25, 0.3) is 0 Å². The van der Waals surface area contributed by atoms with Crippen LogP contribution in [0.3, 0.4) is 0 Å². The molecule has 1 aliphatic heterocycles. The van der Waals surface area contributed by atoms with E-state index in [-0.39, 0.29) is 5.41 Å². The highest BCUT2D eigenvalue weighted by molar-refractivity contribution is 5.41. The van der Waals surface area contributed by atoms with E-state index in [1.807, 2.05) is 0 Å². The Bertz CT molecular complexity index is 827. The molecule has 4 aliphatic rings. The van der Waals surface area contributed by atoms with Gasteiger partial charge in [0, 0.05) is 38.1 Å². The average molecular weight is 409 g/mol. The zero-order valence-electron chi connectivity index (χ0n) is 18.3. The normalized spacial score (nSPS) is 38.2. The van der Waals surface area contributed by atoms with Crippen LogP contribution in [0.5, 0.6) is 5.75 Å². The number of ether oxygens (including phenoxy) is 1. The first kappa shape index (κ1) is 20.4. The fraction of sp³-hybridized carbons (Fsp3) is 0.692. The third-order valence-electron chi connectivity index (χ3n) is 8.97. The Morgan fingerprint density at radius 2 is 2.07 bits per heavy atom. The molecule has 0 radical (unpaired) electrons. The van der Waals surface area contributed by atoms with Crippen molar-refractivity contribution in [2.45, 2.75) is 57.0 Å². The van der Waals surface area contributed by atoms with Gasteiger partial charge in [-0.3, -0.25) is 4.90 Å². The van der Waals surface area contributed by atoms with E-state index in [1.165, 1.54) is 17.5 Å². The van der Waals surface area contributed by atoms with Crippen molar-refractivity contribution in [3.05, 3.63) is 29.3 Å². The number of aliphatic hydroxyl groups is 1. The van der Waals surface area contributed by atoms with Crippen molar-refractivity contribution >= 4 is 0 Å². The summed E-state index contributed by atoms with van der Waals surface area (Å²) in [6, 6.07) is 6.81. The molecule has 4 heteroatoms. The zero-order chi connectivity index (χ0) is 20.8. The number of hydrogen-bond acceptors (Lipinski definition) is 4. The van der Waals surface area contributed by atoms with Crippen LogP contribution in [0.2, 0.25) is 0 Å². The summed E-state index contributed by atoms with van der Waals surface area (Å²) < 4.78 is 6.12. The van der Waals surface area contributed by atoms with Crippen LogP contribution in [0.4, 0.5) is 0 Å². The Hall–Kier alpha value is -1.54. The van der Waals surface area contributed by atoms with E-state index >= 15 is 0 Å². The molecule has 2 saturated carbocycles. The predicted octanol–water partition coefficient (Wildman–Crippen LogP) is 3.19. The fourth-order valence-electron chi connectivity index (χ4n) is 7.13. The summed E-state index contributed by atoms with van der Waals surface area (Å²) >= 11 is 0. The molecule has 0 bridgehead atoms. The summed E-state index contributed by atoms with van der Waals surface area (Å²) in [5.41, 5.74) is 1.97. The Balaban J connectivity index is 1.27. The lowest BCUT2D eigenvalue weighted by atomic mass is 9.53. The molecule has 5 atom stereocenters. The molecule has 1 saturated heterocycles. The minimum Gasteiger partial charge on any atom is -0.492 e. The topological polar surface area (TPSA) is 44.7 Å². The first-order chi connectivity index (χ1) is 14.5. The minimum absolute atomic E-state index is 0.118. The minimum atomic E-state index is -0.912. The summed E-state index contributed by atoms with van der Waals surface area (Å²) in [7, 11) is 0. The largest absolute Gasteiger partial charge is 0.492 e. The van der Waals surface area contributed by atoms with E-state index in [0.29, 0.717) is 17.8 Å². The van der Waals surface area contributed by atoms with Gasteiger partial charge in [-0.15, -0.1) is 6.42 Å². The number of piperazine rings is 1. The van der Waals surface area contributed by atoms with Crippen molar-refractivity contribution < 1.29 is 9.84 Å². The maximum Gasteiger partial charge on any atom is 0.130 e. The summed E-state index contributed by atoms with van der Waals surface area (Å²) in [6.45, 7) is 8.42. The van der Waals surface area contributed by atoms with Gasteiger partial charge in [-0.1, -0.05) is 18.9 Å². The van der Waals surface area contributed by atoms with Crippen molar-refractivity contribution in [1.29, 1.82) is 0 Å². The summed E-state index contributed by atoms with van der Waals surface area (Å²) in [6.07, 6.45) is 12.1. The van der Waals surface area contributed by atoms with Gasteiger partial charge in [-0.25, -0.2) is 0 Å². The van der Waals surface area contributed by atoms with Crippen LogP contribution in [0.1, 0.15) is 56.1 Å². The molecule has 1 aromatic rings. The molecular weight excluding hydrogens is 372 g/mol. The highest BCUT2D eigenvalue weighted by Crippen LogP contribution is 2.64. The predicted molar refractivity (Wildman–Crippen MR) is 120 cm³/mol. The monoisotopic (exact) mass is 408 g/mol. The van der Waals surface area contributed by atoms with Crippen molar-refractivity contribution in [3.8, 4) is 18.1 Å². The fourth-order valence-corrected chi connectivity index (χ4v) is 7.13. The second-order valence-electron chi connectivity index (χ2n) is 10.2. The maximum atomic E-state index is 11.1. The number of fused-ring (bicyclic) bond motifs is 5. The van der Waals surface area contributed by atoms with Crippen molar-refractivity contribution in [1.82, 2.24) is 10.2 Å². The highest BCUT2D eigenvalue weighted by Gasteiger charge is 2.61. The van der Waals surface area contributed by atoms with E-state index in [9.17, 15) is 5.11 Å². The first-order valence-electron chi connectivity index (χ1n) is 11.9. The molecular formula is C26H36N2O2. The first-order valence-corrected chi connectivity index (χ1v) is 11.9. The van der Waals surface area contributed by atoms with Crippen LogP contribution < -0.4 is 10.1 Å². The number of nitrogens with zero attached hydrogens (tertiary/aromatic N) is 1. The average Bonchev–Trinajstić information content (AvgIpc) is 3.05. The van der Waals surface area contributed by atoms with Gasteiger partial charge in [-0.05, 0) is 79.5 Å². The molecule has 3 aliphatic carbocycles. The Labute approximate surface area is 181 Å². The Morgan fingerprint density at radius 3 is 2.87 bits per heavy atom. The van der Waals surface area contributed by atoms with Crippen molar-refractivity contribution in [3.63, 3.8) is 0 Å². The van der Waals surface area contributed by atoms with Crippen LogP contribution in [0.15, 0.2) is 18.2 Å². The van der Waals surface area contributed by atoms with E-state index in [4.69, 9.17) is 11.2 Å². The molecule has 5 rings (SSSR count). The standard InChI is InChI=1S/C26H36N2O2/c1-3-26(29)11-9-24-23-6-4-19-18-20(30-17-16-28-14-12-27-13-15-28)5-7-21(19)22(23)8-10-25(24,26)2/h1,5,7,18,22-24,27,29H,4,6,8-17H2,2H3/t22?,23?,24?,25-,26-/m0/s1. The van der Waals surface area contributed by atoms with Gasteiger partial charge in [0.2, 0.25) is 0 Å². The molecule has 0 spiro atoms. The number of aryl methyl sites for hydroxylation is 1. The second-order valence-corrected chi connectivity index (χ2v) is 10.2. The molecule has 162 valence electrons. The van der Waals surface area contributed by atoms with Crippen LogP contribution in [0, 0.1) is 29.6 Å². The Morgan fingerprint density at radius 1 is 1.23 bits per heavy atom. The Kier molecular flexibility index (Phi) is 5.34. The van der Waals surface area contributed by atoms with Crippen LogP contribution in [-0.4, -0.2) is 54.9 Å². The summed E-state index contributed by atoms with van der Waals surface area (Å²) in [4.78, 5) is 2.47. The molecule has 3 unspecified atom stereocenters. The lowest BCUT2D eigenvalue weighted by molar-refractivity contribution is -0.0646. The third-order valence-corrected chi connectivity index (χ3v) is 8.97. The lowest BCUT2D eigenvalue weighted by Gasteiger charge is -2.52.